The van der Waals surface area contributed by atoms with Crippen molar-refractivity contribution in [2.75, 3.05) is 19.5 Å². The molecule has 5 rings (SSSR count). The summed E-state index contributed by atoms with van der Waals surface area (Å²) >= 11 is 5.07. The third kappa shape index (κ3) is 4.64. The molecule has 2 amide bonds. The minimum atomic E-state index is -0.565. The van der Waals surface area contributed by atoms with Crippen LogP contribution in [0.3, 0.4) is 0 Å². The predicted octanol–water partition coefficient (Wildman–Crippen LogP) is 5.58. The van der Waals surface area contributed by atoms with Gasteiger partial charge in [-0.2, -0.15) is 5.10 Å². The van der Waals surface area contributed by atoms with Crippen molar-refractivity contribution >= 4 is 44.4 Å². The summed E-state index contributed by atoms with van der Waals surface area (Å²) in [7, 11) is 3.12. The molecule has 1 aliphatic rings. The SMILES string of the molecule is COC(=O)Nc1nc2c(s1)-c1c(c(-c3cccnc3)nn1-c1ccc(C(=O)N(C)C(C)C)cc1Br)CC2. The van der Waals surface area contributed by atoms with Gasteiger partial charge in [-0.05, 0) is 73.0 Å². The van der Waals surface area contributed by atoms with Gasteiger partial charge in [0.2, 0.25) is 0 Å². The van der Waals surface area contributed by atoms with E-state index in [9.17, 15) is 9.59 Å². The summed E-state index contributed by atoms with van der Waals surface area (Å²) in [6.45, 7) is 3.96. The molecule has 11 heteroatoms. The fourth-order valence-electron chi connectivity index (χ4n) is 4.22. The van der Waals surface area contributed by atoms with E-state index in [4.69, 9.17) is 9.84 Å². The number of rotatable bonds is 5. The Morgan fingerprint density at radius 3 is 2.73 bits per heavy atom. The van der Waals surface area contributed by atoms with Crippen LogP contribution < -0.4 is 5.32 Å². The van der Waals surface area contributed by atoms with Crippen molar-refractivity contribution in [3.8, 4) is 27.5 Å². The van der Waals surface area contributed by atoms with Gasteiger partial charge in [-0.3, -0.25) is 15.1 Å². The number of anilines is 1. The highest BCUT2D eigenvalue weighted by atomic mass is 79.9. The number of hydrogen-bond acceptors (Lipinski definition) is 7. The number of nitrogens with zero attached hydrogens (tertiary/aromatic N) is 5. The van der Waals surface area contributed by atoms with Crippen molar-refractivity contribution in [1.82, 2.24) is 24.6 Å². The quantitative estimate of drug-likeness (QED) is 0.330. The Morgan fingerprint density at radius 1 is 1.24 bits per heavy atom. The Labute approximate surface area is 226 Å². The maximum Gasteiger partial charge on any atom is 0.413 e. The number of benzene rings is 1. The lowest BCUT2D eigenvalue weighted by atomic mass is 9.95. The van der Waals surface area contributed by atoms with Crippen molar-refractivity contribution in [3.05, 3.63) is 64.0 Å². The fraction of sp³-hybridized carbons (Fsp3) is 0.269. The van der Waals surface area contributed by atoms with Gasteiger partial charge < -0.3 is 9.64 Å². The number of methoxy groups -OCH3 is 1. The van der Waals surface area contributed by atoms with Gasteiger partial charge in [-0.1, -0.05) is 11.3 Å². The standard InChI is InChI=1S/C26H25BrN6O3S/c1-14(2)32(3)24(34)15-7-10-20(18(27)12-15)33-22-17(21(31-33)16-6-5-11-28-13-16)8-9-19-23(22)37-25(29-19)30-26(35)36-4/h5-7,10-14H,8-9H2,1-4H3,(H,29,30,35). The van der Waals surface area contributed by atoms with Crippen LogP contribution in [-0.2, 0) is 17.6 Å². The topological polar surface area (TPSA) is 102 Å². The molecule has 3 aromatic heterocycles. The summed E-state index contributed by atoms with van der Waals surface area (Å²) in [6, 6.07) is 9.51. The molecule has 3 heterocycles. The smallest absolute Gasteiger partial charge is 0.413 e. The molecule has 0 bridgehead atoms. The van der Waals surface area contributed by atoms with E-state index in [2.05, 4.69) is 31.2 Å². The first-order valence-electron chi connectivity index (χ1n) is 11.7. The zero-order valence-corrected chi connectivity index (χ0v) is 23.2. The molecule has 0 saturated carbocycles. The van der Waals surface area contributed by atoms with Gasteiger partial charge in [-0.25, -0.2) is 14.5 Å². The number of carbonyl (C=O) groups is 2. The summed E-state index contributed by atoms with van der Waals surface area (Å²) in [5.74, 6) is -0.0518. The van der Waals surface area contributed by atoms with Crippen LogP contribution in [0.2, 0.25) is 0 Å². The fourth-order valence-corrected chi connectivity index (χ4v) is 5.82. The lowest BCUT2D eigenvalue weighted by Gasteiger charge is -2.22. The van der Waals surface area contributed by atoms with Crippen LogP contribution >= 0.6 is 27.3 Å². The Balaban J connectivity index is 1.66. The number of amides is 2. The summed E-state index contributed by atoms with van der Waals surface area (Å²) in [6.07, 6.45) is 4.43. The van der Waals surface area contributed by atoms with Crippen molar-refractivity contribution < 1.29 is 14.3 Å². The van der Waals surface area contributed by atoms with E-state index in [1.807, 2.05) is 48.9 Å². The first kappa shape index (κ1) is 25.1. The van der Waals surface area contributed by atoms with E-state index in [1.165, 1.54) is 18.4 Å². The molecule has 0 aliphatic heterocycles. The first-order valence-corrected chi connectivity index (χ1v) is 13.3. The van der Waals surface area contributed by atoms with Gasteiger partial charge in [0.15, 0.2) is 5.13 Å². The van der Waals surface area contributed by atoms with Crippen LogP contribution in [0.25, 0.3) is 27.5 Å². The Morgan fingerprint density at radius 2 is 2.05 bits per heavy atom. The molecule has 9 nitrogen and oxygen atoms in total. The molecule has 1 aliphatic carbocycles. The molecule has 0 spiro atoms. The summed E-state index contributed by atoms with van der Waals surface area (Å²) < 4.78 is 7.37. The average molecular weight is 581 g/mol. The van der Waals surface area contributed by atoms with Crippen LogP contribution in [0.15, 0.2) is 47.2 Å². The largest absolute Gasteiger partial charge is 0.453 e. The number of hydrogen-bond donors (Lipinski definition) is 1. The molecule has 0 unspecified atom stereocenters. The molecular weight excluding hydrogens is 556 g/mol. The van der Waals surface area contributed by atoms with E-state index in [0.717, 1.165) is 56.1 Å². The number of nitrogens with one attached hydrogen (secondary N) is 1. The Bertz CT molecular complexity index is 1500. The normalized spacial score (nSPS) is 12.2. The number of ether oxygens (including phenoxy) is 1. The highest BCUT2D eigenvalue weighted by molar-refractivity contribution is 9.10. The van der Waals surface area contributed by atoms with E-state index >= 15 is 0 Å². The summed E-state index contributed by atoms with van der Waals surface area (Å²) in [4.78, 5) is 36.3. The van der Waals surface area contributed by atoms with Crippen LogP contribution in [0, 0.1) is 0 Å². The van der Waals surface area contributed by atoms with Gasteiger partial charge in [0.05, 0.1) is 34.8 Å². The Kier molecular flexibility index (Phi) is 6.82. The first-order chi connectivity index (χ1) is 17.8. The van der Waals surface area contributed by atoms with Crippen LogP contribution in [0.1, 0.15) is 35.5 Å². The number of carbonyl (C=O) groups excluding carboxylic acids is 2. The van der Waals surface area contributed by atoms with Gasteiger partial charge in [0, 0.05) is 46.6 Å². The predicted molar refractivity (Wildman–Crippen MR) is 146 cm³/mol. The second-order valence-electron chi connectivity index (χ2n) is 8.92. The van der Waals surface area contributed by atoms with E-state index < -0.39 is 6.09 Å². The molecular formula is C26H25BrN6O3S. The minimum absolute atomic E-state index is 0.0518. The van der Waals surface area contributed by atoms with Gasteiger partial charge in [-0.15, -0.1) is 0 Å². The van der Waals surface area contributed by atoms with Crippen molar-refractivity contribution in [1.29, 1.82) is 0 Å². The van der Waals surface area contributed by atoms with E-state index in [0.29, 0.717) is 10.7 Å². The van der Waals surface area contributed by atoms with Gasteiger partial charge in [0.25, 0.3) is 5.91 Å². The lowest BCUT2D eigenvalue weighted by Crippen LogP contribution is -2.32. The zero-order valence-electron chi connectivity index (χ0n) is 20.8. The number of halogens is 1. The Hall–Kier alpha value is -3.57. The number of aromatic nitrogens is 4. The molecule has 0 atom stereocenters. The summed E-state index contributed by atoms with van der Waals surface area (Å²) in [5, 5.41) is 8.19. The third-order valence-electron chi connectivity index (χ3n) is 6.35. The number of aryl methyl sites for hydroxylation is 1. The molecule has 190 valence electrons. The number of thiazole rings is 1. The number of pyridine rings is 1. The van der Waals surface area contributed by atoms with Gasteiger partial charge in [0.1, 0.15) is 0 Å². The lowest BCUT2D eigenvalue weighted by molar-refractivity contribution is 0.0755. The maximum absolute atomic E-state index is 12.9. The van der Waals surface area contributed by atoms with Crippen LogP contribution in [0.5, 0.6) is 0 Å². The number of fused-ring (bicyclic) bond motifs is 3. The van der Waals surface area contributed by atoms with Crippen LogP contribution in [0.4, 0.5) is 9.93 Å². The highest BCUT2D eigenvalue weighted by Gasteiger charge is 2.31. The zero-order chi connectivity index (χ0) is 26.3. The molecule has 37 heavy (non-hydrogen) atoms. The van der Waals surface area contributed by atoms with Crippen molar-refractivity contribution in [2.24, 2.45) is 0 Å². The molecule has 0 saturated heterocycles. The summed E-state index contributed by atoms with van der Waals surface area (Å²) in [5.41, 5.74) is 6.03. The van der Waals surface area contributed by atoms with Crippen molar-refractivity contribution in [3.63, 3.8) is 0 Å². The maximum atomic E-state index is 12.9. The average Bonchev–Trinajstić information content (AvgIpc) is 3.49. The molecule has 1 aromatic carbocycles. The molecule has 0 fully saturated rings. The minimum Gasteiger partial charge on any atom is -0.453 e. The molecule has 1 N–H and O–H groups in total. The second kappa shape index (κ2) is 10.1. The van der Waals surface area contributed by atoms with E-state index in [-0.39, 0.29) is 11.9 Å². The monoisotopic (exact) mass is 580 g/mol. The van der Waals surface area contributed by atoms with Gasteiger partial charge >= 0.3 is 6.09 Å². The second-order valence-corrected chi connectivity index (χ2v) is 10.8. The van der Waals surface area contributed by atoms with Crippen LogP contribution in [-0.4, -0.2) is 56.8 Å². The highest BCUT2D eigenvalue weighted by Crippen LogP contribution is 2.44. The molecule has 0 radical (unpaired) electrons. The van der Waals surface area contributed by atoms with E-state index in [1.54, 1.807) is 24.3 Å². The third-order valence-corrected chi connectivity index (χ3v) is 8.01. The van der Waals surface area contributed by atoms with Crippen molar-refractivity contribution in [2.45, 2.75) is 32.7 Å². The molecule has 4 aromatic rings.